The largest absolute Gasteiger partial charge is 0.486 e. The Labute approximate surface area is 118 Å². The van der Waals surface area contributed by atoms with Crippen LogP contribution in [-0.2, 0) is 6.61 Å². The highest BCUT2D eigenvalue weighted by atomic mass is 79.9. The summed E-state index contributed by atoms with van der Waals surface area (Å²) in [6.07, 6.45) is 1.67. The van der Waals surface area contributed by atoms with Crippen LogP contribution < -0.4 is 4.74 Å². The first-order valence-electron chi connectivity index (χ1n) is 5.12. The highest BCUT2D eigenvalue weighted by molar-refractivity contribution is 9.10. The summed E-state index contributed by atoms with van der Waals surface area (Å²) in [5.41, 5.74) is 1.36. The Hall–Kier alpha value is -1.57. The van der Waals surface area contributed by atoms with Crippen LogP contribution in [-0.4, -0.2) is 4.98 Å². The molecule has 0 N–H and O–H groups in total. The lowest BCUT2D eigenvalue weighted by Crippen LogP contribution is -1.97. The molecule has 1 aromatic heterocycles. The molecule has 0 radical (unpaired) electrons. The number of benzene rings is 1. The first-order chi connectivity index (χ1) is 8.70. The van der Waals surface area contributed by atoms with Crippen LogP contribution in [0.4, 0.5) is 0 Å². The third-order valence-electron chi connectivity index (χ3n) is 2.29. The maximum atomic E-state index is 8.74. The summed E-state index contributed by atoms with van der Waals surface area (Å²) >= 11 is 9.35. The van der Waals surface area contributed by atoms with Gasteiger partial charge in [0.1, 0.15) is 11.2 Å². The summed E-state index contributed by atoms with van der Waals surface area (Å²) in [6, 6.07) is 10.8. The first-order valence-corrected chi connectivity index (χ1v) is 6.29. The molecular weight excluding hydrogens is 316 g/mol. The zero-order valence-corrected chi connectivity index (χ0v) is 11.6. The number of hydrogen-bond acceptors (Lipinski definition) is 3. The number of aromatic nitrogens is 1. The molecule has 3 nitrogen and oxygen atoms in total. The van der Waals surface area contributed by atoms with Crippen LogP contribution in [0, 0.1) is 11.3 Å². The average molecular weight is 324 g/mol. The highest BCUT2D eigenvalue weighted by Crippen LogP contribution is 2.24. The van der Waals surface area contributed by atoms with Gasteiger partial charge in [-0.1, -0.05) is 17.7 Å². The van der Waals surface area contributed by atoms with Crippen molar-refractivity contribution in [2.45, 2.75) is 6.61 Å². The van der Waals surface area contributed by atoms with Crippen molar-refractivity contribution in [1.82, 2.24) is 4.98 Å². The van der Waals surface area contributed by atoms with Gasteiger partial charge in [0, 0.05) is 16.8 Å². The Morgan fingerprint density at radius 2 is 2.22 bits per heavy atom. The van der Waals surface area contributed by atoms with Crippen molar-refractivity contribution < 1.29 is 4.74 Å². The van der Waals surface area contributed by atoms with Crippen LogP contribution in [0.1, 0.15) is 11.1 Å². The van der Waals surface area contributed by atoms with Crippen molar-refractivity contribution in [3.63, 3.8) is 0 Å². The van der Waals surface area contributed by atoms with Crippen molar-refractivity contribution in [3.05, 3.63) is 57.3 Å². The van der Waals surface area contributed by atoms with Gasteiger partial charge < -0.3 is 4.74 Å². The smallest absolute Gasteiger partial charge is 0.152 e. The molecule has 0 saturated heterocycles. The second-order valence-electron chi connectivity index (χ2n) is 3.50. The lowest BCUT2D eigenvalue weighted by Gasteiger charge is -2.08. The molecule has 0 bridgehead atoms. The third kappa shape index (κ3) is 3.00. The molecule has 2 aromatic rings. The Bertz CT molecular complexity index is 610. The zero-order chi connectivity index (χ0) is 13.0. The third-order valence-corrected chi connectivity index (χ3v) is 3.24. The van der Waals surface area contributed by atoms with Crippen LogP contribution in [0.3, 0.4) is 0 Å². The zero-order valence-electron chi connectivity index (χ0n) is 9.23. The van der Waals surface area contributed by atoms with Gasteiger partial charge in [0.15, 0.2) is 5.75 Å². The molecule has 2 rings (SSSR count). The molecule has 5 heteroatoms. The average Bonchev–Trinajstić information content (AvgIpc) is 2.39. The predicted molar refractivity (Wildman–Crippen MR) is 72.4 cm³/mol. The van der Waals surface area contributed by atoms with E-state index >= 15 is 0 Å². The van der Waals surface area contributed by atoms with Crippen LogP contribution in [0.15, 0.2) is 41.1 Å². The Morgan fingerprint density at radius 3 is 2.89 bits per heavy atom. The van der Waals surface area contributed by atoms with E-state index in [0.29, 0.717) is 27.5 Å². The van der Waals surface area contributed by atoms with Crippen molar-refractivity contribution in [2.75, 3.05) is 0 Å². The molecule has 0 amide bonds. The highest BCUT2D eigenvalue weighted by Gasteiger charge is 2.05. The maximum absolute atomic E-state index is 8.74. The molecule has 0 fully saturated rings. The van der Waals surface area contributed by atoms with Gasteiger partial charge in [-0.05, 0) is 40.2 Å². The Balaban J connectivity index is 2.12. The summed E-state index contributed by atoms with van der Waals surface area (Å²) in [7, 11) is 0. The number of halogens is 2. The molecule has 0 aliphatic rings. The molecule has 90 valence electrons. The first kappa shape index (κ1) is 12.9. The molecule has 1 heterocycles. The second kappa shape index (κ2) is 5.85. The Morgan fingerprint density at radius 1 is 1.39 bits per heavy atom. The van der Waals surface area contributed by atoms with Crippen molar-refractivity contribution in [3.8, 4) is 11.8 Å². The van der Waals surface area contributed by atoms with Crippen molar-refractivity contribution in [1.29, 1.82) is 5.26 Å². The fraction of sp³-hybridized carbons (Fsp3) is 0.0769. The van der Waals surface area contributed by atoms with E-state index in [2.05, 4.69) is 20.9 Å². The van der Waals surface area contributed by atoms with Gasteiger partial charge in [-0.25, -0.2) is 4.98 Å². The minimum Gasteiger partial charge on any atom is -0.486 e. The SMILES string of the molecule is N#Cc1ccc(COc2cccnc2Br)c(Cl)c1. The number of nitriles is 1. The normalized spacial score (nSPS) is 9.83. The van der Waals surface area contributed by atoms with E-state index < -0.39 is 0 Å². The van der Waals surface area contributed by atoms with Gasteiger partial charge in [0.2, 0.25) is 0 Å². The maximum Gasteiger partial charge on any atom is 0.152 e. The van der Waals surface area contributed by atoms with E-state index in [1.54, 1.807) is 30.5 Å². The van der Waals surface area contributed by atoms with Crippen LogP contribution in [0.25, 0.3) is 0 Å². The number of rotatable bonds is 3. The summed E-state index contributed by atoms with van der Waals surface area (Å²) < 4.78 is 6.25. The van der Waals surface area contributed by atoms with Crippen LogP contribution >= 0.6 is 27.5 Å². The molecule has 0 atom stereocenters. The van der Waals surface area contributed by atoms with Crippen LogP contribution in [0.5, 0.6) is 5.75 Å². The monoisotopic (exact) mass is 322 g/mol. The molecule has 0 saturated carbocycles. The molecular formula is C13H8BrClN2O. The molecule has 0 aliphatic heterocycles. The summed E-state index contributed by atoms with van der Waals surface area (Å²) in [5.74, 6) is 0.651. The minimum atomic E-state index is 0.328. The number of pyridine rings is 1. The molecule has 1 aromatic carbocycles. The fourth-order valence-corrected chi connectivity index (χ4v) is 1.97. The van der Waals surface area contributed by atoms with Gasteiger partial charge in [0.05, 0.1) is 11.6 Å². The van der Waals surface area contributed by atoms with E-state index in [1.807, 2.05) is 12.1 Å². The number of hydrogen-bond donors (Lipinski definition) is 0. The molecule has 0 unspecified atom stereocenters. The fourth-order valence-electron chi connectivity index (χ4n) is 1.37. The van der Waals surface area contributed by atoms with Gasteiger partial charge >= 0.3 is 0 Å². The van der Waals surface area contributed by atoms with Gasteiger partial charge in [-0.3, -0.25) is 0 Å². The number of nitrogens with zero attached hydrogens (tertiary/aromatic N) is 2. The van der Waals surface area contributed by atoms with Crippen molar-refractivity contribution in [2.24, 2.45) is 0 Å². The van der Waals surface area contributed by atoms with E-state index in [4.69, 9.17) is 21.6 Å². The topological polar surface area (TPSA) is 45.9 Å². The summed E-state index contributed by atoms with van der Waals surface area (Å²) in [5, 5.41) is 9.27. The van der Waals surface area contributed by atoms with E-state index in [9.17, 15) is 0 Å². The minimum absolute atomic E-state index is 0.328. The van der Waals surface area contributed by atoms with E-state index in [1.165, 1.54) is 0 Å². The van der Waals surface area contributed by atoms with Gasteiger partial charge in [-0.2, -0.15) is 5.26 Å². The number of ether oxygens (including phenoxy) is 1. The predicted octanol–water partition coefficient (Wildman–Crippen LogP) is 3.95. The Kier molecular flexibility index (Phi) is 4.19. The second-order valence-corrected chi connectivity index (χ2v) is 4.66. The summed E-state index contributed by atoms with van der Waals surface area (Å²) in [6.45, 7) is 0.328. The standard InChI is InChI=1S/C13H8BrClN2O/c14-13-12(2-1-5-17-13)18-8-10-4-3-9(7-16)6-11(10)15/h1-6H,8H2. The summed E-state index contributed by atoms with van der Waals surface area (Å²) in [4.78, 5) is 4.06. The molecule has 0 aliphatic carbocycles. The quantitative estimate of drug-likeness (QED) is 0.804. The van der Waals surface area contributed by atoms with Crippen molar-refractivity contribution >= 4 is 27.5 Å². The lowest BCUT2D eigenvalue weighted by atomic mass is 10.1. The van der Waals surface area contributed by atoms with Gasteiger partial charge in [-0.15, -0.1) is 0 Å². The van der Waals surface area contributed by atoms with E-state index in [0.717, 1.165) is 5.56 Å². The molecule has 0 spiro atoms. The lowest BCUT2D eigenvalue weighted by molar-refractivity contribution is 0.303. The van der Waals surface area contributed by atoms with Gasteiger partial charge in [0.25, 0.3) is 0 Å². The van der Waals surface area contributed by atoms with E-state index in [-0.39, 0.29) is 0 Å². The molecule has 18 heavy (non-hydrogen) atoms. The van der Waals surface area contributed by atoms with Crippen LogP contribution in [0.2, 0.25) is 5.02 Å².